The average Bonchev–Trinajstić information content (AvgIpc) is 3.21. The lowest BCUT2D eigenvalue weighted by molar-refractivity contribution is -0.116. The van der Waals surface area contributed by atoms with Gasteiger partial charge < -0.3 is 9.26 Å². The number of nitrogens with zero attached hydrogens (tertiary/aromatic N) is 4. The standard InChI is InChI=1S/C23H19FN4O3/c1-3-30-20-7-5-4-6-19(20)28(15(2)29)23-21(18-12-13-25-14-26-18)22(27-31-23)16-8-10-17(24)11-9-16/h4-14H,3H2,1-2H3. The Morgan fingerprint density at radius 1 is 1.13 bits per heavy atom. The van der Waals surface area contributed by atoms with Gasteiger partial charge in [0.2, 0.25) is 11.8 Å². The lowest BCUT2D eigenvalue weighted by Gasteiger charge is -2.21. The summed E-state index contributed by atoms with van der Waals surface area (Å²) in [5.74, 6) is 0.0302. The maximum absolute atomic E-state index is 13.5. The van der Waals surface area contributed by atoms with Gasteiger partial charge in [0.25, 0.3) is 0 Å². The second-order valence-electron chi connectivity index (χ2n) is 6.57. The molecule has 2 aromatic carbocycles. The highest BCUT2D eigenvalue weighted by Crippen LogP contribution is 2.43. The zero-order valence-corrected chi connectivity index (χ0v) is 16.9. The van der Waals surface area contributed by atoms with Gasteiger partial charge in [0.1, 0.15) is 23.6 Å². The van der Waals surface area contributed by atoms with Crippen LogP contribution in [0.25, 0.3) is 22.5 Å². The van der Waals surface area contributed by atoms with E-state index in [1.54, 1.807) is 42.6 Å². The summed E-state index contributed by atoms with van der Waals surface area (Å²) in [6, 6.07) is 14.7. The van der Waals surface area contributed by atoms with E-state index < -0.39 is 0 Å². The molecule has 2 aromatic heterocycles. The van der Waals surface area contributed by atoms with Gasteiger partial charge in [0, 0.05) is 18.7 Å². The van der Waals surface area contributed by atoms with Crippen molar-refractivity contribution in [2.24, 2.45) is 0 Å². The fourth-order valence-electron chi connectivity index (χ4n) is 3.25. The number of carbonyl (C=O) groups excluding carboxylic acids is 1. The van der Waals surface area contributed by atoms with Crippen molar-refractivity contribution in [2.45, 2.75) is 13.8 Å². The summed E-state index contributed by atoms with van der Waals surface area (Å²) in [5, 5.41) is 4.20. The van der Waals surface area contributed by atoms with E-state index in [1.807, 2.05) is 13.0 Å². The van der Waals surface area contributed by atoms with E-state index in [1.165, 1.54) is 30.3 Å². The molecule has 0 spiro atoms. The first-order valence-electron chi connectivity index (χ1n) is 9.64. The third-order valence-electron chi connectivity index (χ3n) is 4.55. The fourth-order valence-corrected chi connectivity index (χ4v) is 3.25. The number of carbonyl (C=O) groups is 1. The summed E-state index contributed by atoms with van der Waals surface area (Å²) in [7, 11) is 0. The van der Waals surface area contributed by atoms with Crippen molar-refractivity contribution in [3.05, 3.63) is 72.9 Å². The number of hydrogen-bond acceptors (Lipinski definition) is 6. The van der Waals surface area contributed by atoms with Crippen molar-refractivity contribution < 1.29 is 18.4 Å². The zero-order chi connectivity index (χ0) is 21.8. The van der Waals surface area contributed by atoms with Crippen LogP contribution in [0.5, 0.6) is 5.75 Å². The number of rotatable bonds is 6. The van der Waals surface area contributed by atoms with Gasteiger partial charge in [-0.3, -0.25) is 4.79 Å². The second-order valence-corrected chi connectivity index (χ2v) is 6.57. The van der Waals surface area contributed by atoms with Gasteiger partial charge in [-0.25, -0.2) is 19.3 Å². The maximum atomic E-state index is 13.5. The predicted octanol–water partition coefficient (Wildman–Crippen LogP) is 5.02. The molecule has 0 N–H and O–H groups in total. The van der Waals surface area contributed by atoms with Crippen LogP contribution >= 0.6 is 0 Å². The van der Waals surface area contributed by atoms with Crippen LogP contribution in [0.2, 0.25) is 0 Å². The first-order chi connectivity index (χ1) is 15.1. The van der Waals surface area contributed by atoms with E-state index in [2.05, 4.69) is 15.1 Å². The van der Waals surface area contributed by atoms with E-state index in [9.17, 15) is 9.18 Å². The molecular weight excluding hydrogens is 399 g/mol. The minimum absolute atomic E-state index is 0.178. The highest BCUT2D eigenvalue weighted by molar-refractivity contribution is 6.04. The Morgan fingerprint density at radius 3 is 2.58 bits per heavy atom. The van der Waals surface area contributed by atoms with Crippen molar-refractivity contribution >= 4 is 17.5 Å². The lowest BCUT2D eigenvalue weighted by atomic mass is 10.0. The Kier molecular flexibility index (Phi) is 5.70. The summed E-state index contributed by atoms with van der Waals surface area (Å²) in [5.41, 5.74) is 2.54. The molecule has 0 aliphatic heterocycles. The van der Waals surface area contributed by atoms with Crippen LogP contribution in [0.1, 0.15) is 13.8 Å². The number of para-hydroxylation sites is 2. The van der Waals surface area contributed by atoms with Gasteiger partial charge in [-0.1, -0.05) is 17.3 Å². The van der Waals surface area contributed by atoms with Crippen LogP contribution in [0.4, 0.5) is 16.0 Å². The molecule has 4 aromatic rings. The zero-order valence-electron chi connectivity index (χ0n) is 16.9. The summed E-state index contributed by atoms with van der Waals surface area (Å²) >= 11 is 0. The van der Waals surface area contributed by atoms with E-state index in [0.29, 0.717) is 40.6 Å². The van der Waals surface area contributed by atoms with Gasteiger partial charge in [0.05, 0.1) is 23.6 Å². The second kappa shape index (κ2) is 8.74. The molecule has 2 heterocycles. The minimum atomic E-state index is -0.368. The smallest absolute Gasteiger partial charge is 0.248 e. The molecule has 0 fully saturated rings. The van der Waals surface area contributed by atoms with Gasteiger partial charge >= 0.3 is 0 Å². The molecule has 31 heavy (non-hydrogen) atoms. The molecule has 0 aliphatic carbocycles. The molecule has 7 nitrogen and oxygen atoms in total. The van der Waals surface area contributed by atoms with Crippen molar-refractivity contribution in [1.29, 1.82) is 0 Å². The van der Waals surface area contributed by atoms with E-state index in [-0.39, 0.29) is 17.6 Å². The highest BCUT2D eigenvalue weighted by Gasteiger charge is 2.30. The molecular formula is C23H19FN4O3. The van der Waals surface area contributed by atoms with Crippen molar-refractivity contribution in [3.8, 4) is 28.3 Å². The van der Waals surface area contributed by atoms with Crippen molar-refractivity contribution in [3.63, 3.8) is 0 Å². The van der Waals surface area contributed by atoms with E-state index in [4.69, 9.17) is 9.26 Å². The normalized spacial score (nSPS) is 10.7. The summed E-state index contributed by atoms with van der Waals surface area (Å²) < 4.78 is 24.9. The topological polar surface area (TPSA) is 81.4 Å². The molecule has 0 saturated carbocycles. The molecule has 156 valence electrons. The van der Waals surface area contributed by atoms with Crippen LogP contribution in [0, 0.1) is 5.82 Å². The summed E-state index contributed by atoms with van der Waals surface area (Å²) in [6.07, 6.45) is 2.98. The quantitative estimate of drug-likeness (QED) is 0.437. The number of benzene rings is 2. The molecule has 1 amide bonds. The van der Waals surface area contributed by atoms with Crippen LogP contribution < -0.4 is 9.64 Å². The Morgan fingerprint density at radius 2 is 1.90 bits per heavy atom. The fraction of sp³-hybridized carbons (Fsp3) is 0.130. The average molecular weight is 418 g/mol. The molecule has 0 bridgehead atoms. The Bertz CT molecular complexity index is 1190. The first kappa shape index (κ1) is 20.2. The number of ether oxygens (including phenoxy) is 1. The van der Waals surface area contributed by atoms with Gasteiger partial charge in [-0.15, -0.1) is 0 Å². The predicted molar refractivity (Wildman–Crippen MR) is 113 cm³/mol. The van der Waals surface area contributed by atoms with Gasteiger partial charge in [0.15, 0.2) is 0 Å². The summed E-state index contributed by atoms with van der Waals surface area (Å²) in [6.45, 7) is 3.72. The van der Waals surface area contributed by atoms with Crippen LogP contribution in [0.15, 0.2) is 71.6 Å². The van der Waals surface area contributed by atoms with Crippen LogP contribution in [0.3, 0.4) is 0 Å². The largest absolute Gasteiger partial charge is 0.492 e. The molecule has 0 aliphatic rings. The first-order valence-corrected chi connectivity index (χ1v) is 9.64. The molecule has 8 heteroatoms. The highest BCUT2D eigenvalue weighted by atomic mass is 19.1. The SMILES string of the molecule is CCOc1ccccc1N(C(C)=O)c1onc(-c2ccc(F)cc2)c1-c1ccncn1. The number of anilines is 2. The monoisotopic (exact) mass is 418 g/mol. The lowest BCUT2D eigenvalue weighted by Crippen LogP contribution is -2.23. The molecule has 0 radical (unpaired) electrons. The molecule has 0 saturated heterocycles. The number of halogens is 1. The molecule has 0 atom stereocenters. The van der Waals surface area contributed by atoms with E-state index in [0.717, 1.165) is 0 Å². The Hall–Kier alpha value is -4.07. The summed E-state index contributed by atoms with van der Waals surface area (Å²) in [4.78, 5) is 22.5. The molecule has 4 rings (SSSR count). The van der Waals surface area contributed by atoms with Crippen LogP contribution in [-0.2, 0) is 4.79 Å². The third kappa shape index (κ3) is 4.00. The number of amides is 1. The Labute approximate surface area is 178 Å². The number of aromatic nitrogens is 3. The van der Waals surface area contributed by atoms with Gasteiger partial charge in [-0.2, -0.15) is 0 Å². The number of hydrogen-bond donors (Lipinski definition) is 0. The van der Waals surface area contributed by atoms with E-state index >= 15 is 0 Å². The third-order valence-corrected chi connectivity index (χ3v) is 4.55. The Balaban J connectivity index is 1.95. The van der Waals surface area contributed by atoms with Crippen molar-refractivity contribution in [1.82, 2.24) is 15.1 Å². The minimum Gasteiger partial charge on any atom is -0.492 e. The van der Waals surface area contributed by atoms with Gasteiger partial charge in [-0.05, 0) is 49.4 Å². The maximum Gasteiger partial charge on any atom is 0.248 e. The van der Waals surface area contributed by atoms with Crippen LogP contribution in [-0.4, -0.2) is 27.6 Å². The molecule has 0 unspecified atom stereocenters. The van der Waals surface area contributed by atoms with Crippen molar-refractivity contribution in [2.75, 3.05) is 11.5 Å².